The Labute approximate surface area is 103 Å². The molecule has 3 heteroatoms. The van der Waals surface area contributed by atoms with Gasteiger partial charge < -0.3 is 10.2 Å². The number of carbonyl (C=O) groups is 1. The summed E-state index contributed by atoms with van der Waals surface area (Å²) >= 11 is 0. The maximum absolute atomic E-state index is 11.0. The number of anilines is 1. The van der Waals surface area contributed by atoms with Crippen LogP contribution in [0.5, 0.6) is 0 Å². The van der Waals surface area contributed by atoms with Gasteiger partial charge in [0.05, 0.1) is 0 Å². The predicted octanol–water partition coefficient (Wildman–Crippen LogP) is 1.96. The first-order valence-electron chi connectivity index (χ1n) is 6.27. The summed E-state index contributed by atoms with van der Waals surface area (Å²) in [5.74, 6) is 0.0443. The van der Waals surface area contributed by atoms with E-state index in [1.165, 1.54) is 24.1 Å². The molecule has 1 aromatic carbocycles. The van der Waals surface area contributed by atoms with Crippen molar-refractivity contribution in [2.45, 2.75) is 32.7 Å². The molecular weight excluding hydrogens is 212 g/mol. The molecule has 1 atom stereocenters. The molecule has 2 rings (SSSR count). The standard InChI is InChI=1S/C14H20N2O/c1-11(15-12(2)17)10-16-9-5-7-13-6-3-4-8-14(13)16/h3-4,6,8,11H,5,7,9-10H2,1-2H3,(H,15,17). The van der Waals surface area contributed by atoms with Crippen LogP contribution in [0.2, 0.25) is 0 Å². The van der Waals surface area contributed by atoms with E-state index in [1.54, 1.807) is 6.92 Å². The van der Waals surface area contributed by atoms with Crippen LogP contribution in [0.1, 0.15) is 25.8 Å². The fourth-order valence-corrected chi connectivity index (χ4v) is 2.52. The highest BCUT2D eigenvalue weighted by atomic mass is 16.1. The second-order valence-corrected chi connectivity index (χ2v) is 4.78. The van der Waals surface area contributed by atoms with Crippen LogP contribution in [-0.4, -0.2) is 25.0 Å². The van der Waals surface area contributed by atoms with Crippen molar-refractivity contribution in [3.8, 4) is 0 Å². The first kappa shape index (κ1) is 12.0. The summed E-state index contributed by atoms with van der Waals surface area (Å²) in [5.41, 5.74) is 2.75. The van der Waals surface area contributed by atoms with E-state index in [4.69, 9.17) is 0 Å². The molecule has 17 heavy (non-hydrogen) atoms. The molecule has 1 aromatic rings. The van der Waals surface area contributed by atoms with E-state index in [9.17, 15) is 4.79 Å². The fourth-order valence-electron chi connectivity index (χ4n) is 2.52. The summed E-state index contributed by atoms with van der Waals surface area (Å²) in [6, 6.07) is 8.75. The smallest absolute Gasteiger partial charge is 0.217 e. The Balaban J connectivity index is 2.05. The van der Waals surface area contributed by atoms with Crippen molar-refractivity contribution in [2.24, 2.45) is 0 Å². The average molecular weight is 232 g/mol. The van der Waals surface area contributed by atoms with E-state index >= 15 is 0 Å². The molecule has 0 bridgehead atoms. The average Bonchev–Trinajstić information content (AvgIpc) is 2.28. The van der Waals surface area contributed by atoms with Gasteiger partial charge in [0.1, 0.15) is 0 Å². The summed E-state index contributed by atoms with van der Waals surface area (Å²) in [4.78, 5) is 13.4. The van der Waals surface area contributed by atoms with E-state index in [2.05, 4.69) is 41.4 Å². The van der Waals surface area contributed by atoms with Crippen LogP contribution in [0, 0.1) is 0 Å². The minimum Gasteiger partial charge on any atom is -0.369 e. The molecule has 0 spiro atoms. The number of para-hydroxylation sites is 1. The zero-order valence-corrected chi connectivity index (χ0v) is 10.6. The van der Waals surface area contributed by atoms with E-state index in [0.29, 0.717) is 0 Å². The van der Waals surface area contributed by atoms with Gasteiger partial charge in [0, 0.05) is 31.7 Å². The fraction of sp³-hybridized carbons (Fsp3) is 0.500. The van der Waals surface area contributed by atoms with Gasteiger partial charge >= 0.3 is 0 Å². The van der Waals surface area contributed by atoms with Gasteiger partial charge in [-0.05, 0) is 31.4 Å². The molecular formula is C14H20N2O. The van der Waals surface area contributed by atoms with Crippen molar-refractivity contribution in [1.82, 2.24) is 5.32 Å². The predicted molar refractivity (Wildman–Crippen MR) is 70.3 cm³/mol. The molecule has 0 aromatic heterocycles. The number of hydrogen-bond acceptors (Lipinski definition) is 2. The molecule has 1 heterocycles. The summed E-state index contributed by atoms with van der Waals surface area (Å²) in [5, 5.41) is 2.94. The highest BCUT2D eigenvalue weighted by molar-refractivity contribution is 5.73. The third kappa shape index (κ3) is 2.99. The van der Waals surface area contributed by atoms with Gasteiger partial charge in [0.25, 0.3) is 0 Å². The van der Waals surface area contributed by atoms with E-state index in [-0.39, 0.29) is 11.9 Å². The molecule has 92 valence electrons. The minimum absolute atomic E-state index is 0.0443. The van der Waals surface area contributed by atoms with Crippen molar-refractivity contribution in [2.75, 3.05) is 18.0 Å². The lowest BCUT2D eigenvalue weighted by molar-refractivity contribution is -0.119. The van der Waals surface area contributed by atoms with Crippen molar-refractivity contribution in [3.05, 3.63) is 29.8 Å². The van der Waals surface area contributed by atoms with Crippen LogP contribution in [0.3, 0.4) is 0 Å². The Hall–Kier alpha value is -1.51. The molecule has 0 aliphatic carbocycles. The number of fused-ring (bicyclic) bond motifs is 1. The number of rotatable bonds is 3. The number of carbonyl (C=O) groups excluding carboxylic acids is 1. The summed E-state index contributed by atoms with van der Waals surface area (Å²) < 4.78 is 0. The minimum atomic E-state index is 0.0443. The third-order valence-electron chi connectivity index (χ3n) is 3.15. The van der Waals surface area contributed by atoms with Gasteiger partial charge in [-0.25, -0.2) is 0 Å². The van der Waals surface area contributed by atoms with Crippen LogP contribution in [0.25, 0.3) is 0 Å². The molecule has 0 saturated heterocycles. The number of nitrogens with zero attached hydrogens (tertiary/aromatic N) is 1. The van der Waals surface area contributed by atoms with Crippen molar-refractivity contribution in [1.29, 1.82) is 0 Å². The highest BCUT2D eigenvalue weighted by Crippen LogP contribution is 2.26. The summed E-state index contributed by atoms with van der Waals surface area (Å²) in [6.45, 7) is 5.59. The first-order valence-corrected chi connectivity index (χ1v) is 6.27. The van der Waals surface area contributed by atoms with Crippen molar-refractivity contribution < 1.29 is 4.79 Å². The molecule has 1 aliphatic heterocycles. The second-order valence-electron chi connectivity index (χ2n) is 4.78. The highest BCUT2D eigenvalue weighted by Gasteiger charge is 2.18. The SMILES string of the molecule is CC(=O)NC(C)CN1CCCc2ccccc21. The number of hydrogen-bond donors (Lipinski definition) is 1. The largest absolute Gasteiger partial charge is 0.369 e. The topological polar surface area (TPSA) is 32.3 Å². The molecule has 0 saturated carbocycles. The van der Waals surface area contributed by atoms with Gasteiger partial charge in [0.15, 0.2) is 0 Å². The molecule has 1 unspecified atom stereocenters. The zero-order valence-electron chi connectivity index (χ0n) is 10.6. The van der Waals surface area contributed by atoms with Crippen molar-refractivity contribution >= 4 is 11.6 Å². The van der Waals surface area contributed by atoms with Gasteiger partial charge in [-0.2, -0.15) is 0 Å². The molecule has 0 radical (unpaired) electrons. The maximum atomic E-state index is 11.0. The zero-order chi connectivity index (χ0) is 12.3. The molecule has 1 N–H and O–H groups in total. The quantitative estimate of drug-likeness (QED) is 0.864. The number of aryl methyl sites for hydroxylation is 1. The Morgan fingerprint density at radius 2 is 2.24 bits per heavy atom. The van der Waals surface area contributed by atoms with E-state index in [0.717, 1.165) is 13.1 Å². The lowest BCUT2D eigenvalue weighted by Crippen LogP contribution is -2.43. The lowest BCUT2D eigenvalue weighted by Gasteiger charge is -2.33. The van der Waals surface area contributed by atoms with Crippen LogP contribution < -0.4 is 10.2 Å². The number of benzene rings is 1. The lowest BCUT2D eigenvalue weighted by atomic mass is 10.0. The first-order chi connectivity index (χ1) is 8.16. The molecule has 3 nitrogen and oxygen atoms in total. The van der Waals surface area contributed by atoms with Crippen molar-refractivity contribution in [3.63, 3.8) is 0 Å². The van der Waals surface area contributed by atoms with E-state index in [1.807, 2.05) is 0 Å². The molecule has 0 fully saturated rings. The maximum Gasteiger partial charge on any atom is 0.217 e. The monoisotopic (exact) mass is 232 g/mol. The Morgan fingerprint density at radius 3 is 3.00 bits per heavy atom. The van der Waals surface area contributed by atoms with Crippen LogP contribution >= 0.6 is 0 Å². The van der Waals surface area contributed by atoms with Gasteiger partial charge in [-0.1, -0.05) is 18.2 Å². The van der Waals surface area contributed by atoms with Gasteiger partial charge in [0.2, 0.25) is 5.91 Å². The third-order valence-corrected chi connectivity index (χ3v) is 3.15. The van der Waals surface area contributed by atoms with Gasteiger partial charge in [-0.15, -0.1) is 0 Å². The van der Waals surface area contributed by atoms with Crippen LogP contribution in [-0.2, 0) is 11.2 Å². The summed E-state index contributed by atoms with van der Waals surface area (Å²) in [7, 11) is 0. The Bertz CT molecular complexity index is 403. The number of amides is 1. The molecule has 1 amide bonds. The second kappa shape index (κ2) is 5.21. The number of nitrogens with one attached hydrogen (secondary N) is 1. The Morgan fingerprint density at radius 1 is 1.47 bits per heavy atom. The van der Waals surface area contributed by atoms with Crippen LogP contribution in [0.15, 0.2) is 24.3 Å². The van der Waals surface area contributed by atoms with Crippen LogP contribution in [0.4, 0.5) is 5.69 Å². The van der Waals surface area contributed by atoms with E-state index < -0.39 is 0 Å². The normalized spacial score (nSPS) is 16.2. The Kier molecular flexibility index (Phi) is 3.67. The van der Waals surface area contributed by atoms with Gasteiger partial charge in [-0.3, -0.25) is 4.79 Å². The molecule has 1 aliphatic rings. The summed E-state index contributed by atoms with van der Waals surface area (Å²) in [6.07, 6.45) is 2.37.